The second-order valence-corrected chi connectivity index (χ2v) is 5.65. The van der Waals surface area contributed by atoms with Crippen molar-refractivity contribution in [1.29, 1.82) is 5.41 Å². The van der Waals surface area contributed by atoms with Gasteiger partial charge in [0.25, 0.3) is 0 Å². The normalized spacial score (nSPS) is 33.2. The Kier molecular flexibility index (Phi) is 2.79. The zero-order valence-electron chi connectivity index (χ0n) is 10.5. The highest BCUT2D eigenvalue weighted by atomic mass is 15.0. The van der Waals surface area contributed by atoms with Crippen molar-refractivity contribution in [2.75, 3.05) is 6.54 Å². The van der Waals surface area contributed by atoms with Crippen molar-refractivity contribution in [3.8, 4) is 0 Å². The first-order chi connectivity index (χ1) is 8.22. The van der Waals surface area contributed by atoms with Crippen molar-refractivity contribution < 1.29 is 0 Å². The summed E-state index contributed by atoms with van der Waals surface area (Å²) in [6, 6.07) is 0.593. The molecule has 0 aromatic carbocycles. The molecule has 3 aliphatic rings. The van der Waals surface area contributed by atoms with Gasteiger partial charge in [0, 0.05) is 18.2 Å². The molecule has 3 rings (SSSR count). The molecule has 0 saturated carbocycles. The molecule has 2 atom stereocenters. The van der Waals surface area contributed by atoms with E-state index < -0.39 is 0 Å². The Labute approximate surface area is 103 Å². The number of hydrogen-bond donors (Lipinski definition) is 3. The molecule has 92 valence electrons. The molecular formula is C14H21N3. The highest BCUT2D eigenvalue weighted by Gasteiger charge is 2.26. The van der Waals surface area contributed by atoms with E-state index >= 15 is 0 Å². The van der Waals surface area contributed by atoms with Gasteiger partial charge in [-0.05, 0) is 43.7 Å². The Morgan fingerprint density at radius 1 is 1.29 bits per heavy atom. The summed E-state index contributed by atoms with van der Waals surface area (Å²) < 4.78 is 0. The molecule has 2 aliphatic heterocycles. The second kappa shape index (κ2) is 4.30. The quantitative estimate of drug-likeness (QED) is 0.648. The summed E-state index contributed by atoms with van der Waals surface area (Å²) in [6.45, 7) is 3.48. The van der Waals surface area contributed by atoms with Crippen LogP contribution in [0.1, 0.15) is 39.0 Å². The number of nitrogens with one attached hydrogen (secondary N) is 3. The molecule has 0 amide bonds. The van der Waals surface area contributed by atoms with Crippen LogP contribution in [0.4, 0.5) is 0 Å². The molecule has 3 nitrogen and oxygen atoms in total. The van der Waals surface area contributed by atoms with Crippen LogP contribution < -0.4 is 10.6 Å². The van der Waals surface area contributed by atoms with Crippen molar-refractivity contribution in [3.05, 3.63) is 22.9 Å². The van der Waals surface area contributed by atoms with Gasteiger partial charge in [-0.3, -0.25) is 5.41 Å². The van der Waals surface area contributed by atoms with Gasteiger partial charge in [0.15, 0.2) is 0 Å². The molecule has 17 heavy (non-hydrogen) atoms. The van der Waals surface area contributed by atoms with Gasteiger partial charge in [-0.1, -0.05) is 18.6 Å². The zero-order valence-corrected chi connectivity index (χ0v) is 10.5. The van der Waals surface area contributed by atoms with Crippen molar-refractivity contribution in [3.63, 3.8) is 0 Å². The Hall–Kier alpha value is -1.09. The summed E-state index contributed by atoms with van der Waals surface area (Å²) in [4.78, 5) is 0. The number of hydrogen-bond acceptors (Lipinski definition) is 2. The lowest BCUT2D eigenvalue weighted by molar-refractivity contribution is 0.348. The van der Waals surface area contributed by atoms with Gasteiger partial charge in [0.2, 0.25) is 0 Å². The number of rotatable bonds is 1. The molecule has 1 saturated heterocycles. The maximum absolute atomic E-state index is 7.68. The minimum absolute atomic E-state index is 0.593. The van der Waals surface area contributed by atoms with E-state index in [1.807, 2.05) is 0 Å². The van der Waals surface area contributed by atoms with Crippen LogP contribution in [0.5, 0.6) is 0 Å². The predicted octanol–water partition coefficient (Wildman–Crippen LogP) is 2.32. The van der Waals surface area contributed by atoms with Gasteiger partial charge >= 0.3 is 0 Å². The van der Waals surface area contributed by atoms with Gasteiger partial charge in [0.1, 0.15) is 5.84 Å². The Bertz CT molecular complexity index is 398. The largest absolute Gasteiger partial charge is 0.347 e. The smallest absolute Gasteiger partial charge is 0.102 e. The third-order valence-electron chi connectivity index (χ3n) is 4.19. The molecule has 2 heterocycles. The molecule has 0 radical (unpaired) electrons. The molecule has 1 unspecified atom stereocenters. The predicted molar refractivity (Wildman–Crippen MR) is 70.0 cm³/mol. The number of allylic oxidation sites excluding steroid dienone is 2. The summed E-state index contributed by atoms with van der Waals surface area (Å²) in [5, 5.41) is 14.5. The third-order valence-corrected chi connectivity index (χ3v) is 4.19. The fraction of sp³-hybridized carbons (Fsp3) is 0.643. The number of amidine groups is 1. The average molecular weight is 231 g/mol. The average Bonchev–Trinajstić information content (AvgIpc) is 2.69. The van der Waals surface area contributed by atoms with E-state index in [0.29, 0.717) is 11.9 Å². The lowest BCUT2D eigenvalue weighted by Gasteiger charge is -2.31. The molecule has 0 aromatic rings. The molecule has 1 fully saturated rings. The molecule has 0 bridgehead atoms. The summed E-state index contributed by atoms with van der Waals surface area (Å²) in [5.41, 5.74) is 4.21. The van der Waals surface area contributed by atoms with E-state index in [4.69, 9.17) is 5.41 Å². The minimum atomic E-state index is 0.593. The van der Waals surface area contributed by atoms with E-state index in [1.165, 1.54) is 24.1 Å². The van der Waals surface area contributed by atoms with E-state index in [1.54, 1.807) is 5.57 Å². The van der Waals surface area contributed by atoms with E-state index in [0.717, 1.165) is 31.7 Å². The van der Waals surface area contributed by atoms with E-state index in [2.05, 4.69) is 23.6 Å². The van der Waals surface area contributed by atoms with Crippen LogP contribution in [-0.2, 0) is 0 Å². The summed E-state index contributed by atoms with van der Waals surface area (Å²) in [7, 11) is 0. The van der Waals surface area contributed by atoms with Crippen LogP contribution in [-0.4, -0.2) is 18.4 Å². The minimum Gasteiger partial charge on any atom is -0.347 e. The summed E-state index contributed by atoms with van der Waals surface area (Å²) in [6.07, 6.45) is 8.03. The SMILES string of the molecule is C[C@H]1CCC(C2=CC3=C(CC2)NC(=N)C3)NC1. The van der Waals surface area contributed by atoms with Gasteiger partial charge in [-0.25, -0.2) is 0 Å². The van der Waals surface area contributed by atoms with Crippen molar-refractivity contribution in [1.82, 2.24) is 10.6 Å². The first kappa shape index (κ1) is 11.0. The highest BCUT2D eigenvalue weighted by Crippen LogP contribution is 2.32. The zero-order chi connectivity index (χ0) is 11.8. The van der Waals surface area contributed by atoms with Crippen LogP contribution in [0.3, 0.4) is 0 Å². The lowest BCUT2D eigenvalue weighted by Crippen LogP contribution is -2.39. The van der Waals surface area contributed by atoms with Crippen LogP contribution in [0.25, 0.3) is 0 Å². The van der Waals surface area contributed by atoms with E-state index in [-0.39, 0.29) is 0 Å². The third kappa shape index (κ3) is 2.16. The Balaban J connectivity index is 1.73. The van der Waals surface area contributed by atoms with Crippen LogP contribution >= 0.6 is 0 Å². The second-order valence-electron chi connectivity index (χ2n) is 5.65. The topological polar surface area (TPSA) is 47.9 Å². The molecule has 3 heteroatoms. The Morgan fingerprint density at radius 3 is 2.94 bits per heavy atom. The van der Waals surface area contributed by atoms with Crippen molar-refractivity contribution >= 4 is 5.84 Å². The molecule has 0 spiro atoms. The van der Waals surface area contributed by atoms with Gasteiger partial charge in [-0.2, -0.15) is 0 Å². The summed E-state index contributed by atoms with van der Waals surface area (Å²) in [5.74, 6) is 1.49. The number of piperidine rings is 1. The van der Waals surface area contributed by atoms with Crippen LogP contribution in [0.2, 0.25) is 0 Å². The maximum atomic E-state index is 7.68. The van der Waals surface area contributed by atoms with Crippen LogP contribution in [0, 0.1) is 11.3 Å². The summed E-state index contributed by atoms with van der Waals surface area (Å²) >= 11 is 0. The van der Waals surface area contributed by atoms with Gasteiger partial charge in [0.05, 0.1) is 0 Å². The van der Waals surface area contributed by atoms with Crippen LogP contribution in [0.15, 0.2) is 22.9 Å². The van der Waals surface area contributed by atoms with Gasteiger partial charge < -0.3 is 10.6 Å². The van der Waals surface area contributed by atoms with Crippen molar-refractivity contribution in [2.24, 2.45) is 5.92 Å². The molecule has 0 aromatic heterocycles. The highest BCUT2D eigenvalue weighted by molar-refractivity contribution is 5.87. The Morgan fingerprint density at radius 2 is 2.18 bits per heavy atom. The fourth-order valence-electron chi connectivity index (χ4n) is 3.12. The molecular weight excluding hydrogens is 210 g/mol. The maximum Gasteiger partial charge on any atom is 0.102 e. The van der Waals surface area contributed by atoms with Gasteiger partial charge in [-0.15, -0.1) is 0 Å². The lowest BCUT2D eigenvalue weighted by atomic mass is 9.86. The monoisotopic (exact) mass is 231 g/mol. The molecule has 1 aliphatic carbocycles. The standard InChI is InChI=1S/C14H21N3/c1-9-2-4-12(16-8-9)10-3-5-13-11(6-10)7-14(15)17-13/h6,9,12,16H,2-5,7-8H2,1H3,(H2,15,17)/t9-,12?/m0/s1. The van der Waals surface area contributed by atoms with E-state index in [9.17, 15) is 0 Å². The van der Waals surface area contributed by atoms with Crippen molar-refractivity contribution in [2.45, 2.75) is 45.1 Å². The first-order valence-electron chi connectivity index (χ1n) is 6.72. The molecule has 3 N–H and O–H groups in total. The fourth-order valence-corrected chi connectivity index (χ4v) is 3.12. The first-order valence-corrected chi connectivity index (χ1v) is 6.72.